The number of nitrogens with zero attached hydrogens (tertiary/aromatic N) is 2. The molecule has 1 fully saturated rings. The zero-order valence-electron chi connectivity index (χ0n) is 11.0. The Kier molecular flexibility index (Phi) is 3.94. The monoisotopic (exact) mass is 345 g/mol. The predicted octanol–water partition coefficient (Wildman–Crippen LogP) is 2.93. The number of aromatic nitrogens is 2. The van der Waals surface area contributed by atoms with E-state index in [2.05, 4.69) is 15.3 Å². The first-order valence-electron chi connectivity index (χ1n) is 6.53. The summed E-state index contributed by atoms with van der Waals surface area (Å²) in [6, 6.07) is 3.29. The van der Waals surface area contributed by atoms with Crippen molar-refractivity contribution in [1.82, 2.24) is 9.97 Å². The molecular formula is C13H13Cl2N3O2S. The molecule has 0 spiro atoms. The van der Waals surface area contributed by atoms with E-state index in [-0.39, 0.29) is 11.0 Å². The normalized spacial score (nSPS) is 20.8. The molecule has 112 valence electrons. The van der Waals surface area contributed by atoms with Crippen LogP contribution in [0, 0.1) is 0 Å². The molecule has 5 nitrogen and oxygen atoms in total. The Hall–Kier alpha value is -1.11. The molecule has 1 N–H and O–H groups in total. The number of anilines is 1. The van der Waals surface area contributed by atoms with Crippen LogP contribution < -0.4 is 5.32 Å². The zero-order chi connectivity index (χ0) is 15.0. The van der Waals surface area contributed by atoms with Gasteiger partial charge in [0.05, 0.1) is 38.3 Å². The van der Waals surface area contributed by atoms with Crippen LogP contribution >= 0.6 is 23.2 Å². The molecule has 21 heavy (non-hydrogen) atoms. The van der Waals surface area contributed by atoms with Gasteiger partial charge in [-0.15, -0.1) is 0 Å². The first kappa shape index (κ1) is 14.8. The van der Waals surface area contributed by atoms with Gasteiger partial charge < -0.3 is 5.32 Å². The van der Waals surface area contributed by atoms with Crippen molar-refractivity contribution < 1.29 is 8.42 Å². The van der Waals surface area contributed by atoms with E-state index in [1.807, 2.05) is 0 Å². The summed E-state index contributed by atoms with van der Waals surface area (Å²) >= 11 is 11.9. The molecule has 1 unspecified atom stereocenters. The number of halogens is 2. The van der Waals surface area contributed by atoms with Gasteiger partial charge in [-0.2, -0.15) is 0 Å². The summed E-state index contributed by atoms with van der Waals surface area (Å²) in [6.45, 7) is 0.351. The van der Waals surface area contributed by atoms with Gasteiger partial charge in [0.1, 0.15) is 5.82 Å². The maximum atomic E-state index is 11.8. The van der Waals surface area contributed by atoms with Crippen molar-refractivity contribution in [3.8, 4) is 0 Å². The number of hydrogen-bond donors (Lipinski definition) is 1. The highest BCUT2D eigenvalue weighted by Crippen LogP contribution is 2.26. The first-order valence-corrected chi connectivity index (χ1v) is 9.00. The topological polar surface area (TPSA) is 72.0 Å². The molecule has 3 rings (SSSR count). The lowest BCUT2D eigenvalue weighted by Gasteiger charge is -2.11. The van der Waals surface area contributed by atoms with E-state index < -0.39 is 9.84 Å². The van der Waals surface area contributed by atoms with Crippen LogP contribution in [0.1, 0.15) is 12.8 Å². The van der Waals surface area contributed by atoms with Gasteiger partial charge in [-0.25, -0.2) is 13.4 Å². The van der Waals surface area contributed by atoms with Crippen LogP contribution in [0.4, 0.5) is 5.82 Å². The highest BCUT2D eigenvalue weighted by atomic mass is 35.5. The Bertz CT molecular complexity index is 795. The molecule has 1 atom stereocenters. The van der Waals surface area contributed by atoms with Crippen molar-refractivity contribution in [3.05, 3.63) is 28.4 Å². The fraction of sp³-hybridized carbons (Fsp3) is 0.385. The molecule has 0 bridgehead atoms. The van der Waals surface area contributed by atoms with E-state index in [0.29, 0.717) is 39.9 Å². The summed E-state index contributed by atoms with van der Waals surface area (Å²) in [7, 11) is -2.96. The SMILES string of the molecule is O=S1(=O)CCCC1CNc1cnc2cc(Cl)c(Cl)cc2n1. The van der Waals surface area contributed by atoms with Gasteiger partial charge in [-0.3, -0.25) is 4.98 Å². The molecule has 1 aromatic carbocycles. The Balaban J connectivity index is 1.80. The van der Waals surface area contributed by atoms with Crippen molar-refractivity contribution in [2.45, 2.75) is 18.1 Å². The van der Waals surface area contributed by atoms with Gasteiger partial charge in [0.2, 0.25) is 0 Å². The number of hydrogen-bond acceptors (Lipinski definition) is 5. The Morgan fingerprint density at radius 3 is 2.62 bits per heavy atom. The van der Waals surface area contributed by atoms with E-state index in [4.69, 9.17) is 23.2 Å². The van der Waals surface area contributed by atoms with Crippen molar-refractivity contribution in [1.29, 1.82) is 0 Å². The molecule has 2 aromatic rings. The molecule has 0 amide bonds. The minimum atomic E-state index is -2.96. The average Bonchev–Trinajstić information content (AvgIpc) is 2.77. The van der Waals surface area contributed by atoms with E-state index >= 15 is 0 Å². The van der Waals surface area contributed by atoms with Crippen LogP contribution in [0.15, 0.2) is 18.3 Å². The molecular weight excluding hydrogens is 333 g/mol. The second-order valence-corrected chi connectivity index (χ2v) is 8.24. The molecule has 8 heteroatoms. The molecule has 1 aliphatic rings. The smallest absolute Gasteiger partial charge is 0.154 e. The molecule has 1 aromatic heterocycles. The van der Waals surface area contributed by atoms with Gasteiger partial charge in [0.25, 0.3) is 0 Å². The lowest BCUT2D eigenvalue weighted by Crippen LogP contribution is -2.25. The highest BCUT2D eigenvalue weighted by molar-refractivity contribution is 7.92. The number of fused-ring (bicyclic) bond motifs is 1. The molecule has 0 radical (unpaired) electrons. The Morgan fingerprint density at radius 2 is 1.95 bits per heavy atom. The van der Waals surface area contributed by atoms with Crippen molar-refractivity contribution in [3.63, 3.8) is 0 Å². The van der Waals surface area contributed by atoms with Crippen LogP contribution in [0.3, 0.4) is 0 Å². The molecule has 0 saturated carbocycles. The minimum Gasteiger partial charge on any atom is -0.367 e. The second kappa shape index (κ2) is 5.59. The molecule has 0 aliphatic carbocycles. The first-order chi connectivity index (χ1) is 9.95. The van der Waals surface area contributed by atoms with Crippen LogP contribution in [0.25, 0.3) is 11.0 Å². The van der Waals surface area contributed by atoms with Crippen LogP contribution in [-0.4, -0.2) is 35.9 Å². The van der Waals surface area contributed by atoms with E-state index in [1.165, 1.54) is 0 Å². The quantitative estimate of drug-likeness (QED) is 0.925. The summed E-state index contributed by atoms with van der Waals surface area (Å²) in [5.74, 6) is 0.805. The number of rotatable bonds is 3. The predicted molar refractivity (Wildman–Crippen MR) is 84.9 cm³/mol. The maximum absolute atomic E-state index is 11.8. The second-order valence-electron chi connectivity index (χ2n) is 5.02. The third kappa shape index (κ3) is 3.07. The fourth-order valence-electron chi connectivity index (χ4n) is 2.40. The summed E-state index contributed by atoms with van der Waals surface area (Å²) in [5, 5.41) is 3.53. The van der Waals surface area contributed by atoms with Gasteiger partial charge in [0.15, 0.2) is 9.84 Å². The van der Waals surface area contributed by atoms with E-state index in [1.54, 1.807) is 18.3 Å². The van der Waals surface area contributed by atoms with Crippen molar-refractivity contribution in [2.24, 2.45) is 0 Å². The standard InChI is InChI=1S/C13H13Cl2N3O2S/c14-9-4-11-12(5-10(9)15)18-13(7-16-11)17-6-8-2-1-3-21(8,19)20/h4-5,7-8H,1-3,6H2,(H,17,18). The highest BCUT2D eigenvalue weighted by Gasteiger charge is 2.30. The number of benzene rings is 1. The van der Waals surface area contributed by atoms with E-state index in [0.717, 1.165) is 6.42 Å². The van der Waals surface area contributed by atoms with Gasteiger partial charge in [0, 0.05) is 6.54 Å². The lowest BCUT2D eigenvalue weighted by atomic mass is 10.2. The Labute approximate surface area is 132 Å². The van der Waals surface area contributed by atoms with Crippen LogP contribution in [0.2, 0.25) is 10.0 Å². The van der Waals surface area contributed by atoms with Gasteiger partial charge >= 0.3 is 0 Å². The molecule has 1 saturated heterocycles. The number of nitrogens with one attached hydrogen (secondary N) is 1. The van der Waals surface area contributed by atoms with Crippen molar-refractivity contribution in [2.75, 3.05) is 17.6 Å². The summed E-state index contributed by atoms with van der Waals surface area (Å²) in [6.07, 6.45) is 2.98. The zero-order valence-corrected chi connectivity index (χ0v) is 13.3. The fourth-order valence-corrected chi connectivity index (χ4v) is 4.48. The molecule has 2 heterocycles. The lowest BCUT2D eigenvalue weighted by molar-refractivity contribution is 0.591. The third-order valence-corrected chi connectivity index (χ3v) is 6.56. The maximum Gasteiger partial charge on any atom is 0.154 e. The molecule has 1 aliphatic heterocycles. The summed E-state index contributed by atoms with van der Waals surface area (Å²) < 4.78 is 23.5. The number of sulfone groups is 1. The van der Waals surface area contributed by atoms with Crippen LogP contribution in [-0.2, 0) is 9.84 Å². The minimum absolute atomic E-state index is 0.275. The average molecular weight is 346 g/mol. The van der Waals surface area contributed by atoms with Gasteiger partial charge in [-0.1, -0.05) is 23.2 Å². The Morgan fingerprint density at radius 1 is 1.24 bits per heavy atom. The summed E-state index contributed by atoms with van der Waals surface area (Å²) in [4.78, 5) is 8.62. The largest absolute Gasteiger partial charge is 0.367 e. The third-order valence-electron chi connectivity index (χ3n) is 3.56. The van der Waals surface area contributed by atoms with Gasteiger partial charge in [-0.05, 0) is 25.0 Å². The van der Waals surface area contributed by atoms with Crippen molar-refractivity contribution >= 4 is 49.9 Å². The summed E-state index contributed by atoms with van der Waals surface area (Å²) in [5.41, 5.74) is 1.26. The van der Waals surface area contributed by atoms with Crippen LogP contribution in [0.5, 0.6) is 0 Å². The van der Waals surface area contributed by atoms with E-state index in [9.17, 15) is 8.42 Å².